The first-order chi connectivity index (χ1) is 13.2. The molecule has 7 nitrogen and oxygen atoms in total. The summed E-state index contributed by atoms with van der Waals surface area (Å²) in [6, 6.07) is 9.94. The molecule has 3 aromatic rings. The number of thiazole rings is 1. The summed E-state index contributed by atoms with van der Waals surface area (Å²) in [7, 11) is 0. The van der Waals surface area contributed by atoms with Crippen LogP contribution in [-0.2, 0) is 13.1 Å². The first kappa shape index (κ1) is 23.3. The van der Waals surface area contributed by atoms with Crippen LogP contribution in [0.3, 0.4) is 0 Å². The fraction of sp³-hybridized carbons (Fsp3) is 0.316. The SMILES string of the molecule is Cl.Cl.NCc1nc(C(=O)N2CCN(Cc3ncc(-c4ccccc4)o3)CC2)cs1. The Morgan fingerprint density at radius 3 is 2.52 bits per heavy atom. The second-order valence-electron chi connectivity index (χ2n) is 6.38. The van der Waals surface area contributed by atoms with Gasteiger partial charge in [0.25, 0.3) is 5.91 Å². The van der Waals surface area contributed by atoms with E-state index in [1.54, 1.807) is 11.6 Å². The number of carbonyl (C=O) groups excluding carboxylic acids is 1. The van der Waals surface area contributed by atoms with Crippen molar-refractivity contribution in [1.82, 2.24) is 19.8 Å². The number of nitrogens with two attached hydrogens (primary N) is 1. The van der Waals surface area contributed by atoms with Crippen LogP contribution < -0.4 is 5.73 Å². The minimum atomic E-state index is -0.0203. The summed E-state index contributed by atoms with van der Waals surface area (Å²) in [6.07, 6.45) is 1.77. The Morgan fingerprint density at radius 1 is 1.14 bits per heavy atom. The lowest BCUT2D eigenvalue weighted by Crippen LogP contribution is -2.48. The van der Waals surface area contributed by atoms with E-state index in [4.69, 9.17) is 10.2 Å². The second-order valence-corrected chi connectivity index (χ2v) is 7.33. The number of amides is 1. The van der Waals surface area contributed by atoms with Crippen LogP contribution in [0, 0.1) is 0 Å². The summed E-state index contributed by atoms with van der Waals surface area (Å²) in [4.78, 5) is 25.3. The van der Waals surface area contributed by atoms with Gasteiger partial charge >= 0.3 is 0 Å². The Kier molecular flexibility index (Phi) is 8.60. The molecule has 3 heterocycles. The molecular weight excluding hydrogens is 433 g/mol. The normalized spacial score (nSPS) is 14.2. The van der Waals surface area contributed by atoms with E-state index in [9.17, 15) is 4.79 Å². The van der Waals surface area contributed by atoms with Gasteiger partial charge in [-0.15, -0.1) is 36.2 Å². The third kappa shape index (κ3) is 5.55. The molecule has 156 valence electrons. The maximum Gasteiger partial charge on any atom is 0.273 e. The topological polar surface area (TPSA) is 88.5 Å². The molecule has 0 radical (unpaired) electrons. The predicted molar refractivity (Wildman–Crippen MR) is 118 cm³/mol. The Bertz CT molecular complexity index is 910. The number of hydrogen-bond donors (Lipinski definition) is 1. The average molecular weight is 456 g/mol. The van der Waals surface area contributed by atoms with Gasteiger partial charge in [-0.05, 0) is 0 Å². The summed E-state index contributed by atoms with van der Waals surface area (Å²) in [5.41, 5.74) is 7.09. The van der Waals surface area contributed by atoms with Crippen molar-refractivity contribution in [3.05, 3.63) is 58.5 Å². The summed E-state index contributed by atoms with van der Waals surface area (Å²) >= 11 is 1.43. The molecule has 1 amide bonds. The lowest BCUT2D eigenvalue weighted by Gasteiger charge is -2.33. The van der Waals surface area contributed by atoms with Crippen LogP contribution >= 0.6 is 36.2 Å². The van der Waals surface area contributed by atoms with E-state index in [0.717, 1.165) is 29.4 Å². The van der Waals surface area contributed by atoms with Gasteiger partial charge in [-0.1, -0.05) is 30.3 Å². The largest absolute Gasteiger partial charge is 0.439 e. The summed E-state index contributed by atoms with van der Waals surface area (Å²) in [6.45, 7) is 3.90. The van der Waals surface area contributed by atoms with E-state index >= 15 is 0 Å². The van der Waals surface area contributed by atoms with Crippen LogP contribution in [0.5, 0.6) is 0 Å². The van der Waals surface area contributed by atoms with Crippen molar-refractivity contribution >= 4 is 42.1 Å². The van der Waals surface area contributed by atoms with Gasteiger partial charge in [0.2, 0.25) is 5.89 Å². The molecule has 1 aliphatic rings. The molecule has 1 aromatic carbocycles. The monoisotopic (exact) mass is 455 g/mol. The second kappa shape index (κ2) is 10.7. The highest BCUT2D eigenvalue weighted by atomic mass is 35.5. The van der Waals surface area contributed by atoms with E-state index in [1.165, 1.54) is 11.3 Å². The molecule has 10 heteroatoms. The van der Waals surface area contributed by atoms with Crippen LogP contribution in [0.4, 0.5) is 0 Å². The highest BCUT2D eigenvalue weighted by Gasteiger charge is 2.24. The molecule has 29 heavy (non-hydrogen) atoms. The quantitative estimate of drug-likeness (QED) is 0.635. The Hall–Kier alpha value is -1.97. The minimum Gasteiger partial charge on any atom is -0.439 e. The molecule has 0 bridgehead atoms. The Labute approximate surface area is 185 Å². The zero-order chi connectivity index (χ0) is 18.6. The number of aromatic nitrogens is 2. The van der Waals surface area contributed by atoms with Gasteiger partial charge < -0.3 is 15.1 Å². The number of halogens is 2. The molecular formula is C19H23Cl2N5O2S. The standard InChI is InChI=1S/C19H21N5O2S.2ClH/c20-10-18-22-15(13-27-18)19(25)24-8-6-23(7-9-24)12-17-21-11-16(26-17)14-4-2-1-3-5-14;;/h1-5,11,13H,6-10,12,20H2;2*1H. The number of hydrogen-bond acceptors (Lipinski definition) is 7. The van der Waals surface area contributed by atoms with Crippen LogP contribution in [-0.4, -0.2) is 51.9 Å². The lowest BCUT2D eigenvalue weighted by molar-refractivity contribution is 0.0613. The number of nitrogens with zero attached hydrogens (tertiary/aromatic N) is 4. The molecule has 0 atom stereocenters. The minimum absolute atomic E-state index is 0. The average Bonchev–Trinajstić information content (AvgIpc) is 3.38. The summed E-state index contributed by atoms with van der Waals surface area (Å²) in [5.74, 6) is 1.45. The smallest absolute Gasteiger partial charge is 0.273 e. The predicted octanol–water partition coefficient (Wildman–Crippen LogP) is 3.06. The number of carbonyl (C=O) groups is 1. The third-order valence-corrected chi connectivity index (χ3v) is 5.45. The number of oxazole rings is 1. The van der Waals surface area contributed by atoms with E-state index in [-0.39, 0.29) is 30.7 Å². The van der Waals surface area contributed by atoms with Gasteiger partial charge in [-0.25, -0.2) is 9.97 Å². The van der Waals surface area contributed by atoms with E-state index in [2.05, 4.69) is 14.9 Å². The van der Waals surface area contributed by atoms with Crippen molar-refractivity contribution in [1.29, 1.82) is 0 Å². The van der Waals surface area contributed by atoms with Gasteiger partial charge in [0.1, 0.15) is 10.7 Å². The van der Waals surface area contributed by atoms with Gasteiger partial charge in [-0.3, -0.25) is 9.69 Å². The van der Waals surface area contributed by atoms with E-state index < -0.39 is 0 Å². The number of rotatable bonds is 5. The molecule has 1 fully saturated rings. The van der Waals surface area contributed by atoms with Crippen LogP contribution in [0.15, 0.2) is 46.3 Å². The van der Waals surface area contributed by atoms with Crippen LogP contribution in [0.2, 0.25) is 0 Å². The van der Waals surface area contributed by atoms with E-state index in [0.29, 0.717) is 37.8 Å². The molecule has 0 aliphatic carbocycles. The number of benzene rings is 1. The fourth-order valence-corrected chi connectivity index (χ4v) is 3.73. The van der Waals surface area contributed by atoms with Crippen molar-refractivity contribution in [2.75, 3.05) is 26.2 Å². The zero-order valence-electron chi connectivity index (χ0n) is 15.7. The maximum atomic E-state index is 12.5. The molecule has 4 rings (SSSR count). The van der Waals surface area contributed by atoms with Gasteiger partial charge in [0.15, 0.2) is 5.76 Å². The van der Waals surface area contributed by atoms with Crippen molar-refractivity contribution in [2.24, 2.45) is 5.73 Å². The van der Waals surface area contributed by atoms with E-state index in [1.807, 2.05) is 35.2 Å². The van der Waals surface area contributed by atoms with Gasteiger partial charge in [0.05, 0.1) is 12.7 Å². The highest BCUT2D eigenvalue weighted by molar-refractivity contribution is 7.09. The van der Waals surface area contributed by atoms with Crippen molar-refractivity contribution < 1.29 is 9.21 Å². The van der Waals surface area contributed by atoms with Crippen molar-refractivity contribution in [2.45, 2.75) is 13.1 Å². The number of piperazine rings is 1. The van der Waals surface area contributed by atoms with Crippen LogP contribution in [0.1, 0.15) is 21.4 Å². The van der Waals surface area contributed by atoms with Gasteiger partial charge in [-0.2, -0.15) is 0 Å². The fourth-order valence-electron chi connectivity index (χ4n) is 3.08. The highest BCUT2D eigenvalue weighted by Crippen LogP contribution is 2.21. The maximum absolute atomic E-state index is 12.5. The molecule has 1 aliphatic heterocycles. The molecule has 0 unspecified atom stereocenters. The molecule has 1 saturated heterocycles. The molecule has 0 saturated carbocycles. The first-order valence-electron chi connectivity index (χ1n) is 8.89. The zero-order valence-corrected chi connectivity index (χ0v) is 18.1. The Morgan fingerprint density at radius 2 is 1.86 bits per heavy atom. The molecule has 2 N–H and O–H groups in total. The summed E-state index contributed by atoms with van der Waals surface area (Å²) < 4.78 is 5.88. The van der Waals surface area contributed by atoms with Crippen molar-refractivity contribution in [3.8, 4) is 11.3 Å². The van der Waals surface area contributed by atoms with Gasteiger partial charge in [0, 0.05) is 43.7 Å². The summed E-state index contributed by atoms with van der Waals surface area (Å²) in [5, 5.41) is 2.57. The van der Waals surface area contributed by atoms with Crippen molar-refractivity contribution in [3.63, 3.8) is 0 Å². The van der Waals surface area contributed by atoms with Crippen LogP contribution in [0.25, 0.3) is 11.3 Å². The lowest BCUT2D eigenvalue weighted by atomic mass is 10.2. The Balaban J connectivity index is 0.00000150. The third-order valence-electron chi connectivity index (χ3n) is 4.58. The molecule has 2 aromatic heterocycles. The molecule has 0 spiro atoms. The first-order valence-corrected chi connectivity index (χ1v) is 9.77.